The molecule has 1 heterocycles. The van der Waals surface area contributed by atoms with Gasteiger partial charge < -0.3 is 10.1 Å². The highest BCUT2D eigenvalue weighted by molar-refractivity contribution is 7.11. The summed E-state index contributed by atoms with van der Waals surface area (Å²) in [4.78, 5) is 17.9. The smallest absolute Gasteiger partial charge is 0.278 e. The molecule has 0 aliphatic carbocycles. The maximum absolute atomic E-state index is 13.7. The molecule has 5 aromatic rings. The Morgan fingerprint density at radius 3 is 2.51 bits per heavy atom. The van der Waals surface area contributed by atoms with Gasteiger partial charge in [-0.25, -0.2) is 13.8 Å². The molecule has 0 radical (unpaired) electrons. The van der Waals surface area contributed by atoms with Crippen molar-refractivity contribution < 1.29 is 18.3 Å². The van der Waals surface area contributed by atoms with Crippen molar-refractivity contribution in [2.24, 2.45) is 0 Å². The Morgan fingerprint density at radius 1 is 1.00 bits per heavy atom. The van der Waals surface area contributed by atoms with Crippen molar-refractivity contribution in [2.75, 3.05) is 0 Å². The second-order valence-corrected chi connectivity index (χ2v) is 9.80. The monoisotopic (exact) mass is 514 g/mol. The second kappa shape index (κ2) is 10.5. The first-order valence-corrected chi connectivity index (χ1v) is 12.7. The molecule has 1 aromatic heterocycles. The fourth-order valence-corrected chi connectivity index (χ4v) is 4.95. The van der Waals surface area contributed by atoms with Gasteiger partial charge in [-0.3, -0.25) is 4.79 Å². The Morgan fingerprint density at radius 2 is 1.81 bits per heavy atom. The van der Waals surface area contributed by atoms with Crippen LogP contribution < -0.4 is 10.1 Å². The lowest BCUT2D eigenvalue weighted by Crippen LogP contribution is -2.25. The fourth-order valence-electron chi connectivity index (χ4n) is 4.45. The summed E-state index contributed by atoms with van der Waals surface area (Å²) in [5, 5.41) is 6.90. The van der Waals surface area contributed by atoms with E-state index >= 15 is 0 Å². The maximum Gasteiger partial charge on any atom is 0.278 e. The standard InChI is InChI=1S/C30H24F2N2O2S/c1-18(2)27-24(20-6-4-3-5-7-20)16-21-15-22(36-30-33-12-13-37-30)9-10-23(21)28(27)29(35)34-17-19-8-11-25(31)26(32)14-19/h3-16,18H,17H2,1-2H3,(H,34,35). The average Bonchev–Trinajstić information content (AvgIpc) is 3.41. The van der Waals surface area contributed by atoms with Gasteiger partial charge in [0, 0.05) is 18.1 Å². The Kier molecular flexibility index (Phi) is 6.97. The molecule has 37 heavy (non-hydrogen) atoms. The van der Waals surface area contributed by atoms with E-state index in [9.17, 15) is 13.6 Å². The summed E-state index contributed by atoms with van der Waals surface area (Å²) in [6.07, 6.45) is 1.68. The van der Waals surface area contributed by atoms with Crippen molar-refractivity contribution in [3.63, 3.8) is 0 Å². The van der Waals surface area contributed by atoms with Crippen molar-refractivity contribution in [1.82, 2.24) is 10.3 Å². The van der Waals surface area contributed by atoms with Crippen molar-refractivity contribution in [3.8, 4) is 22.1 Å². The zero-order valence-corrected chi connectivity index (χ0v) is 21.1. The number of aromatic nitrogens is 1. The van der Waals surface area contributed by atoms with Crippen molar-refractivity contribution in [1.29, 1.82) is 0 Å². The SMILES string of the molecule is CC(C)c1c(-c2ccccc2)cc2cc(Oc3nccs3)ccc2c1C(=O)NCc1ccc(F)c(F)c1. The van der Waals surface area contributed by atoms with Gasteiger partial charge >= 0.3 is 0 Å². The number of amides is 1. The number of nitrogens with zero attached hydrogens (tertiary/aromatic N) is 1. The second-order valence-electron chi connectivity index (χ2n) is 8.95. The van der Waals surface area contributed by atoms with Gasteiger partial charge in [0.15, 0.2) is 11.6 Å². The molecular weight excluding hydrogens is 490 g/mol. The molecule has 4 nitrogen and oxygen atoms in total. The first-order chi connectivity index (χ1) is 17.9. The molecule has 186 valence electrons. The van der Waals surface area contributed by atoms with Crippen molar-refractivity contribution in [2.45, 2.75) is 26.3 Å². The topological polar surface area (TPSA) is 51.2 Å². The van der Waals surface area contributed by atoms with Crippen LogP contribution in [0.2, 0.25) is 0 Å². The van der Waals surface area contributed by atoms with Gasteiger partial charge in [-0.2, -0.15) is 0 Å². The summed E-state index contributed by atoms with van der Waals surface area (Å²) in [7, 11) is 0. The first kappa shape index (κ1) is 24.6. The lowest BCUT2D eigenvalue weighted by atomic mass is 9.84. The molecule has 5 rings (SSSR count). The Labute approximate surface area is 217 Å². The predicted molar refractivity (Wildman–Crippen MR) is 143 cm³/mol. The zero-order valence-electron chi connectivity index (χ0n) is 20.3. The molecule has 0 saturated carbocycles. The average molecular weight is 515 g/mol. The van der Waals surface area contributed by atoms with Gasteiger partial charge in [-0.1, -0.05) is 61.6 Å². The van der Waals surface area contributed by atoms with Gasteiger partial charge in [0.25, 0.3) is 11.1 Å². The predicted octanol–water partition coefficient (Wildman–Crippen LogP) is 8.09. The minimum Gasteiger partial charge on any atom is -0.431 e. The third-order valence-electron chi connectivity index (χ3n) is 6.09. The quantitative estimate of drug-likeness (QED) is 0.239. The van der Waals surface area contributed by atoms with Crippen molar-refractivity contribution >= 4 is 28.0 Å². The van der Waals surface area contributed by atoms with Gasteiger partial charge in [-0.05, 0) is 75.3 Å². The summed E-state index contributed by atoms with van der Waals surface area (Å²) in [6, 6.07) is 21.2. The first-order valence-electron chi connectivity index (χ1n) is 11.9. The number of hydrogen-bond donors (Lipinski definition) is 1. The minimum absolute atomic E-state index is 0.0369. The van der Waals surface area contributed by atoms with Gasteiger partial charge in [-0.15, -0.1) is 0 Å². The summed E-state index contributed by atoms with van der Waals surface area (Å²) < 4.78 is 33.0. The maximum atomic E-state index is 13.7. The van der Waals surface area contributed by atoms with E-state index in [1.165, 1.54) is 17.4 Å². The molecule has 7 heteroatoms. The van der Waals surface area contributed by atoms with Crippen molar-refractivity contribution in [3.05, 3.63) is 113 Å². The van der Waals surface area contributed by atoms with Crippen LogP contribution in [0.15, 0.2) is 84.4 Å². The zero-order chi connectivity index (χ0) is 25.9. The van der Waals surface area contributed by atoms with Crippen LogP contribution in [0.5, 0.6) is 10.9 Å². The number of thiazole rings is 1. The van der Waals surface area contributed by atoms with E-state index in [0.717, 1.165) is 39.6 Å². The van der Waals surface area contributed by atoms with Gasteiger partial charge in [0.05, 0.1) is 5.56 Å². The van der Waals surface area contributed by atoms with Crippen LogP contribution in [0.3, 0.4) is 0 Å². The van der Waals surface area contributed by atoms with E-state index in [0.29, 0.717) is 22.1 Å². The third kappa shape index (κ3) is 5.22. The minimum atomic E-state index is -0.945. The number of nitrogens with one attached hydrogen (secondary N) is 1. The normalized spacial score (nSPS) is 11.2. The molecular formula is C30H24F2N2O2S. The summed E-state index contributed by atoms with van der Waals surface area (Å²) in [5.74, 6) is -1.50. The number of carbonyl (C=O) groups excluding carboxylic acids is 1. The molecule has 0 aliphatic heterocycles. The molecule has 1 amide bonds. The van der Waals surface area contributed by atoms with E-state index in [4.69, 9.17) is 4.74 Å². The molecule has 0 unspecified atom stereocenters. The molecule has 0 atom stereocenters. The largest absolute Gasteiger partial charge is 0.431 e. The molecule has 0 saturated heterocycles. The highest BCUT2D eigenvalue weighted by Gasteiger charge is 2.23. The van der Waals surface area contributed by atoms with E-state index in [2.05, 4.69) is 30.2 Å². The van der Waals surface area contributed by atoms with Crippen LogP contribution in [0.25, 0.3) is 21.9 Å². The highest BCUT2D eigenvalue weighted by atomic mass is 32.1. The number of hydrogen-bond acceptors (Lipinski definition) is 4. The van der Waals surface area contributed by atoms with Crippen LogP contribution in [-0.4, -0.2) is 10.9 Å². The number of ether oxygens (including phenoxy) is 1. The number of fused-ring (bicyclic) bond motifs is 1. The lowest BCUT2D eigenvalue weighted by molar-refractivity contribution is 0.0951. The number of halogens is 2. The van der Waals surface area contributed by atoms with Gasteiger partial charge in [0.2, 0.25) is 0 Å². The lowest BCUT2D eigenvalue weighted by Gasteiger charge is -2.21. The van der Waals surface area contributed by atoms with Gasteiger partial charge in [0.1, 0.15) is 5.75 Å². The third-order valence-corrected chi connectivity index (χ3v) is 6.74. The molecule has 4 aromatic carbocycles. The summed E-state index contributed by atoms with van der Waals surface area (Å²) in [5.41, 5.74) is 3.88. The number of carbonyl (C=O) groups is 1. The Bertz CT molecular complexity index is 1570. The fraction of sp³-hybridized carbons (Fsp3) is 0.133. The Balaban J connectivity index is 1.62. The van der Waals surface area contributed by atoms with Crippen LogP contribution in [0, 0.1) is 11.6 Å². The molecule has 1 N–H and O–H groups in total. The van der Waals surface area contributed by atoms with Crippen LogP contribution in [-0.2, 0) is 6.54 Å². The molecule has 0 aliphatic rings. The molecule has 0 spiro atoms. The molecule has 0 bridgehead atoms. The van der Waals surface area contributed by atoms with Crippen LogP contribution >= 0.6 is 11.3 Å². The van der Waals surface area contributed by atoms with E-state index in [1.807, 2.05) is 53.9 Å². The van der Waals surface area contributed by atoms with Crippen LogP contribution in [0.1, 0.15) is 41.3 Å². The van der Waals surface area contributed by atoms with E-state index < -0.39 is 11.6 Å². The summed E-state index contributed by atoms with van der Waals surface area (Å²) in [6.45, 7) is 4.18. The van der Waals surface area contributed by atoms with E-state index in [-0.39, 0.29) is 18.4 Å². The number of benzene rings is 4. The van der Waals surface area contributed by atoms with E-state index in [1.54, 1.807) is 6.20 Å². The Hall–Kier alpha value is -4.10. The highest BCUT2D eigenvalue weighted by Crippen LogP contribution is 2.39. The number of rotatable bonds is 7. The molecule has 0 fully saturated rings. The van der Waals surface area contributed by atoms with Crippen LogP contribution in [0.4, 0.5) is 8.78 Å². The summed E-state index contributed by atoms with van der Waals surface area (Å²) >= 11 is 1.40.